The number of amides is 2. The molecule has 0 aromatic heterocycles. The van der Waals surface area contributed by atoms with E-state index in [0.29, 0.717) is 49.8 Å². The standard InChI is InChI=1S/C27H34N4O4S/c1-6-22-24(26(34)35-5)25(20-9-7-19(8-10-20)17(2)3)31-21(16-36-27(31)28-22)15-23(33)30-13-11-29(12-14-30)18(4)32/h7-10,16-17,25H,6,11-15H2,1-5H3. The van der Waals surface area contributed by atoms with E-state index < -0.39 is 12.0 Å². The van der Waals surface area contributed by atoms with Gasteiger partial charge in [-0.05, 0) is 28.9 Å². The predicted octanol–water partition coefficient (Wildman–Crippen LogP) is 4.03. The Bertz CT molecular complexity index is 1130. The van der Waals surface area contributed by atoms with Crippen LogP contribution in [0.5, 0.6) is 0 Å². The fraction of sp³-hybridized carbons (Fsp3) is 0.481. The van der Waals surface area contributed by atoms with Crippen LogP contribution in [0.1, 0.15) is 63.6 Å². The van der Waals surface area contributed by atoms with Gasteiger partial charge in [0, 0.05) is 38.8 Å². The normalized spacial score (nSPS) is 19.8. The summed E-state index contributed by atoms with van der Waals surface area (Å²) in [6.07, 6.45) is 0.792. The minimum absolute atomic E-state index is 0.00472. The maximum Gasteiger partial charge on any atom is 0.338 e. The van der Waals surface area contributed by atoms with E-state index in [1.807, 2.05) is 22.1 Å². The van der Waals surface area contributed by atoms with Crippen molar-refractivity contribution in [2.45, 2.75) is 52.5 Å². The molecule has 3 aliphatic heterocycles. The minimum Gasteiger partial charge on any atom is -0.466 e. The number of rotatable bonds is 6. The van der Waals surface area contributed by atoms with Crippen molar-refractivity contribution in [3.63, 3.8) is 0 Å². The number of carbonyl (C=O) groups is 3. The molecule has 1 aromatic rings. The Kier molecular flexibility index (Phi) is 7.88. The van der Waals surface area contributed by atoms with Crippen LogP contribution >= 0.6 is 11.8 Å². The van der Waals surface area contributed by atoms with E-state index in [0.717, 1.165) is 16.4 Å². The molecule has 0 N–H and O–H groups in total. The smallest absolute Gasteiger partial charge is 0.338 e. The molecule has 4 rings (SSSR count). The van der Waals surface area contributed by atoms with Crippen LogP contribution in [0.3, 0.4) is 0 Å². The average molecular weight is 511 g/mol. The lowest BCUT2D eigenvalue weighted by molar-refractivity contribution is -0.138. The molecule has 0 aliphatic carbocycles. The monoisotopic (exact) mass is 510 g/mol. The van der Waals surface area contributed by atoms with Gasteiger partial charge in [-0.15, -0.1) is 0 Å². The SMILES string of the molecule is CCC1=C(C(=O)OC)C(c2ccc(C(C)C)cc2)N2C(CC(=O)N3CCN(C(C)=O)CC3)=CSC2=N1. The molecular weight excluding hydrogens is 476 g/mol. The number of thioether (sulfide) groups is 1. The van der Waals surface area contributed by atoms with Gasteiger partial charge in [-0.2, -0.15) is 0 Å². The molecule has 1 atom stereocenters. The predicted molar refractivity (Wildman–Crippen MR) is 141 cm³/mol. The maximum absolute atomic E-state index is 13.3. The molecule has 192 valence electrons. The first kappa shape index (κ1) is 26.0. The quantitative estimate of drug-likeness (QED) is 0.538. The summed E-state index contributed by atoms with van der Waals surface area (Å²) in [6.45, 7) is 9.97. The molecule has 3 aliphatic rings. The molecule has 8 nitrogen and oxygen atoms in total. The van der Waals surface area contributed by atoms with Crippen LogP contribution in [0.2, 0.25) is 0 Å². The molecule has 3 heterocycles. The number of hydrogen-bond donors (Lipinski definition) is 0. The highest BCUT2D eigenvalue weighted by Gasteiger charge is 2.41. The Hall–Kier alpha value is -3.07. The van der Waals surface area contributed by atoms with Gasteiger partial charge in [0.25, 0.3) is 0 Å². The summed E-state index contributed by atoms with van der Waals surface area (Å²) >= 11 is 1.48. The average Bonchev–Trinajstić information content (AvgIpc) is 3.29. The zero-order valence-electron chi connectivity index (χ0n) is 21.6. The second-order valence-electron chi connectivity index (χ2n) is 9.48. The zero-order valence-corrected chi connectivity index (χ0v) is 22.4. The van der Waals surface area contributed by atoms with Gasteiger partial charge in [0.15, 0.2) is 5.17 Å². The first-order valence-corrected chi connectivity index (χ1v) is 13.3. The van der Waals surface area contributed by atoms with E-state index in [1.165, 1.54) is 24.4 Å². The van der Waals surface area contributed by atoms with Gasteiger partial charge in [0.05, 0.1) is 30.8 Å². The molecule has 1 unspecified atom stereocenters. The summed E-state index contributed by atoms with van der Waals surface area (Å²) in [5.41, 5.74) is 4.20. The number of ether oxygens (including phenoxy) is 1. The number of methoxy groups -OCH3 is 1. The molecule has 1 saturated heterocycles. The van der Waals surface area contributed by atoms with Crippen LogP contribution in [0, 0.1) is 0 Å². The molecule has 36 heavy (non-hydrogen) atoms. The number of amidine groups is 1. The topological polar surface area (TPSA) is 82.5 Å². The maximum atomic E-state index is 13.3. The number of esters is 1. The van der Waals surface area contributed by atoms with Crippen LogP contribution in [-0.2, 0) is 19.1 Å². The first-order chi connectivity index (χ1) is 17.2. The van der Waals surface area contributed by atoms with Crippen molar-refractivity contribution in [2.75, 3.05) is 33.3 Å². The van der Waals surface area contributed by atoms with Crippen molar-refractivity contribution in [1.82, 2.24) is 14.7 Å². The number of nitrogens with zero attached hydrogens (tertiary/aromatic N) is 4. The molecule has 9 heteroatoms. The lowest BCUT2D eigenvalue weighted by Gasteiger charge is -2.38. The summed E-state index contributed by atoms with van der Waals surface area (Å²) in [4.78, 5) is 48.3. The van der Waals surface area contributed by atoms with E-state index in [9.17, 15) is 14.4 Å². The number of hydrogen-bond acceptors (Lipinski definition) is 7. The van der Waals surface area contributed by atoms with Crippen LogP contribution in [-0.4, -0.2) is 70.9 Å². The van der Waals surface area contributed by atoms with Crippen molar-refractivity contribution in [3.8, 4) is 0 Å². The number of carbonyl (C=O) groups excluding carboxylic acids is 3. The Morgan fingerprint density at radius 1 is 1.08 bits per heavy atom. The number of fused-ring (bicyclic) bond motifs is 1. The Labute approximate surface area is 217 Å². The third kappa shape index (κ3) is 5.07. The van der Waals surface area contributed by atoms with E-state index in [2.05, 4.69) is 38.1 Å². The summed E-state index contributed by atoms with van der Waals surface area (Å²) in [6, 6.07) is 7.88. The second kappa shape index (κ2) is 10.9. The number of allylic oxidation sites excluding steroid dienone is 1. The lowest BCUT2D eigenvalue weighted by atomic mass is 9.91. The molecule has 0 saturated carbocycles. The minimum atomic E-state index is -0.426. The van der Waals surface area contributed by atoms with E-state index in [4.69, 9.17) is 9.73 Å². The first-order valence-electron chi connectivity index (χ1n) is 12.4. The summed E-state index contributed by atoms with van der Waals surface area (Å²) in [5, 5.41) is 2.73. The van der Waals surface area contributed by atoms with Crippen molar-refractivity contribution in [2.24, 2.45) is 4.99 Å². The third-order valence-corrected chi connectivity index (χ3v) is 7.85. The Balaban J connectivity index is 1.64. The molecule has 0 bridgehead atoms. The highest BCUT2D eigenvalue weighted by atomic mass is 32.2. The van der Waals surface area contributed by atoms with Gasteiger partial charge < -0.3 is 19.4 Å². The van der Waals surface area contributed by atoms with Crippen molar-refractivity contribution >= 4 is 34.7 Å². The number of benzene rings is 1. The third-order valence-electron chi connectivity index (χ3n) is 6.96. The van der Waals surface area contributed by atoms with E-state index >= 15 is 0 Å². The summed E-state index contributed by atoms with van der Waals surface area (Å²) < 4.78 is 5.20. The van der Waals surface area contributed by atoms with Crippen molar-refractivity contribution < 1.29 is 19.1 Å². The van der Waals surface area contributed by atoms with Crippen LogP contribution in [0.4, 0.5) is 0 Å². The van der Waals surface area contributed by atoms with Gasteiger partial charge in [0.2, 0.25) is 11.8 Å². The lowest BCUT2D eigenvalue weighted by Crippen LogP contribution is -2.50. The fourth-order valence-corrected chi connectivity index (χ4v) is 5.77. The highest BCUT2D eigenvalue weighted by molar-refractivity contribution is 8.16. The number of piperazine rings is 1. The van der Waals surface area contributed by atoms with E-state index in [-0.39, 0.29) is 18.2 Å². The Morgan fingerprint density at radius 3 is 2.28 bits per heavy atom. The van der Waals surface area contributed by atoms with Gasteiger partial charge in [-0.3, -0.25) is 9.59 Å². The van der Waals surface area contributed by atoms with Crippen LogP contribution < -0.4 is 0 Å². The molecule has 2 amide bonds. The van der Waals surface area contributed by atoms with Crippen molar-refractivity contribution in [3.05, 3.63) is 57.8 Å². The summed E-state index contributed by atoms with van der Waals surface area (Å²) in [5.74, 6) is 0.0233. The highest BCUT2D eigenvalue weighted by Crippen LogP contribution is 2.45. The molecule has 0 radical (unpaired) electrons. The number of aliphatic imine (C=N–C) groups is 1. The summed E-state index contributed by atoms with van der Waals surface area (Å²) in [7, 11) is 1.39. The second-order valence-corrected chi connectivity index (χ2v) is 10.3. The molecule has 1 fully saturated rings. The molecule has 0 spiro atoms. The van der Waals surface area contributed by atoms with Crippen molar-refractivity contribution in [1.29, 1.82) is 0 Å². The van der Waals surface area contributed by atoms with Gasteiger partial charge in [0.1, 0.15) is 0 Å². The fourth-order valence-electron chi connectivity index (χ4n) is 4.83. The van der Waals surface area contributed by atoms with E-state index in [1.54, 1.807) is 11.8 Å². The van der Waals surface area contributed by atoms with Gasteiger partial charge in [-0.25, -0.2) is 9.79 Å². The van der Waals surface area contributed by atoms with Gasteiger partial charge in [-0.1, -0.05) is 56.8 Å². The Morgan fingerprint density at radius 2 is 1.72 bits per heavy atom. The van der Waals surface area contributed by atoms with Crippen LogP contribution in [0.15, 0.2) is 51.6 Å². The molecule has 1 aromatic carbocycles. The van der Waals surface area contributed by atoms with Crippen LogP contribution in [0.25, 0.3) is 0 Å². The molecular formula is C27H34N4O4S. The largest absolute Gasteiger partial charge is 0.466 e. The van der Waals surface area contributed by atoms with Gasteiger partial charge >= 0.3 is 5.97 Å². The zero-order chi connectivity index (χ0) is 26.0.